The second kappa shape index (κ2) is 16.8. The van der Waals surface area contributed by atoms with E-state index in [2.05, 4.69) is 10.3 Å². The van der Waals surface area contributed by atoms with E-state index in [0.717, 1.165) is 50.2 Å². The molecule has 2 aliphatic rings. The third-order valence-corrected chi connectivity index (χ3v) is 11.1. The number of aromatic nitrogens is 1. The Morgan fingerprint density at radius 3 is 2.35 bits per heavy atom. The Labute approximate surface area is 341 Å². The number of pyridine rings is 1. The largest absolute Gasteiger partial charge is 0.489 e. The molecule has 0 saturated heterocycles. The number of fused-ring (bicyclic) bond motifs is 2. The van der Waals surface area contributed by atoms with Crippen LogP contribution in [0.3, 0.4) is 0 Å². The van der Waals surface area contributed by atoms with Crippen LogP contribution in [0.15, 0.2) is 91.1 Å². The molecule has 4 aromatic carbocycles. The molecular formula is C44H42Cl2N4O7. The normalized spacial score (nSPS) is 16.3. The van der Waals surface area contributed by atoms with Crippen molar-refractivity contribution in [1.82, 2.24) is 20.1 Å². The maximum Gasteiger partial charge on any atom is 0.326 e. The fourth-order valence-corrected chi connectivity index (χ4v) is 7.38. The summed E-state index contributed by atoms with van der Waals surface area (Å²) < 4.78 is 18.5. The van der Waals surface area contributed by atoms with Gasteiger partial charge >= 0.3 is 12.0 Å². The van der Waals surface area contributed by atoms with Gasteiger partial charge in [0.25, 0.3) is 0 Å². The van der Waals surface area contributed by atoms with Gasteiger partial charge in [0, 0.05) is 45.4 Å². The van der Waals surface area contributed by atoms with E-state index in [4.69, 9.17) is 37.4 Å². The molecule has 3 amide bonds. The third kappa shape index (κ3) is 8.80. The Morgan fingerprint density at radius 1 is 0.930 bits per heavy atom. The molecule has 3 heterocycles. The lowest BCUT2D eigenvalue weighted by Gasteiger charge is -2.38. The highest BCUT2D eigenvalue weighted by molar-refractivity contribution is 6.42. The van der Waals surface area contributed by atoms with Crippen LogP contribution in [-0.4, -0.2) is 70.6 Å². The second-order valence-corrected chi connectivity index (χ2v) is 15.3. The lowest BCUT2D eigenvalue weighted by Crippen LogP contribution is -2.57. The lowest BCUT2D eigenvalue weighted by atomic mass is 9.92. The van der Waals surface area contributed by atoms with Gasteiger partial charge in [0.15, 0.2) is 17.6 Å². The molecule has 1 aromatic heterocycles. The van der Waals surface area contributed by atoms with Gasteiger partial charge in [-0.1, -0.05) is 65.7 Å². The molecule has 7 rings (SSSR count). The minimum absolute atomic E-state index is 0.0645. The molecular weight excluding hydrogens is 767 g/mol. The minimum atomic E-state index is -1.22. The quantitative estimate of drug-likeness (QED) is 0.145. The zero-order chi connectivity index (χ0) is 40.4. The minimum Gasteiger partial charge on any atom is -0.489 e. The Balaban J connectivity index is 1.03. The summed E-state index contributed by atoms with van der Waals surface area (Å²) in [6.07, 6.45) is 1.60. The fourth-order valence-electron chi connectivity index (χ4n) is 7.06. The Hall–Kier alpha value is -5.78. The number of aliphatic carboxylic acids is 1. The zero-order valence-electron chi connectivity index (χ0n) is 31.9. The molecule has 5 aromatic rings. The van der Waals surface area contributed by atoms with Crippen molar-refractivity contribution in [3.8, 4) is 28.4 Å². The van der Waals surface area contributed by atoms with Crippen molar-refractivity contribution in [2.24, 2.45) is 0 Å². The number of hydrogen-bond donors (Lipinski definition) is 2. The molecule has 0 aliphatic carbocycles. The predicted octanol–water partition coefficient (Wildman–Crippen LogP) is 7.98. The number of aryl methyl sites for hydroxylation is 1. The summed E-state index contributed by atoms with van der Waals surface area (Å²) >= 11 is 12.2. The molecule has 3 unspecified atom stereocenters. The molecule has 0 radical (unpaired) electrons. The van der Waals surface area contributed by atoms with Gasteiger partial charge in [0.05, 0.1) is 10.0 Å². The van der Waals surface area contributed by atoms with E-state index in [1.54, 1.807) is 32.4 Å². The molecule has 0 bridgehead atoms. The van der Waals surface area contributed by atoms with Crippen LogP contribution in [0.25, 0.3) is 11.1 Å². The number of carbonyl (C=O) groups is 3. The maximum atomic E-state index is 13.9. The van der Waals surface area contributed by atoms with Crippen molar-refractivity contribution >= 4 is 41.1 Å². The Morgan fingerprint density at radius 2 is 1.65 bits per heavy atom. The van der Waals surface area contributed by atoms with E-state index in [1.807, 2.05) is 86.6 Å². The summed E-state index contributed by atoms with van der Waals surface area (Å²) in [5.41, 5.74) is 8.19. The summed E-state index contributed by atoms with van der Waals surface area (Å²) in [6, 6.07) is 23.7. The third-order valence-electron chi connectivity index (χ3n) is 10.4. The van der Waals surface area contributed by atoms with E-state index >= 15 is 0 Å². The van der Waals surface area contributed by atoms with Crippen molar-refractivity contribution in [3.63, 3.8) is 0 Å². The first-order valence-electron chi connectivity index (χ1n) is 18.5. The monoisotopic (exact) mass is 808 g/mol. The number of ether oxygens (including phenoxy) is 3. The topological polar surface area (TPSA) is 131 Å². The molecule has 0 fully saturated rings. The van der Waals surface area contributed by atoms with E-state index in [0.29, 0.717) is 33.9 Å². The van der Waals surface area contributed by atoms with Crippen LogP contribution in [0.2, 0.25) is 10.0 Å². The second-order valence-electron chi connectivity index (χ2n) is 14.5. The van der Waals surface area contributed by atoms with Gasteiger partial charge in [-0.05, 0) is 101 Å². The van der Waals surface area contributed by atoms with Gasteiger partial charge in [-0.25, -0.2) is 9.59 Å². The average molecular weight is 810 g/mol. The Bertz CT molecular complexity index is 2320. The number of carboxylic acids is 1. The summed E-state index contributed by atoms with van der Waals surface area (Å²) in [5, 5.41) is 13.9. The summed E-state index contributed by atoms with van der Waals surface area (Å²) in [4.78, 5) is 47.1. The molecule has 0 spiro atoms. The van der Waals surface area contributed by atoms with Gasteiger partial charge in [-0.15, -0.1) is 0 Å². The Kier molecular flexibility index (Phi) is 11.6. The molecule has 294 valence electrons. The van der Waals surface area contributed by atoms with Gasteiger partial charge in [0.2, 0.25) is 5.91 Å². The first kappa shape index (κ1) is 39.5. The number of urea groups is 1. The van der Waals surface area contributed by atoms with E-state index < -0.39 is 30.1 Å². The molecule has 3 atom stereocenters. The highest BCUT2D eigenvalue weighted by Crippen LogP contribution is 2.41. The number of nitrogens with one attached hydrogen (secondary N) is 1. The first-order valence-corrected chi connectivity index (χ1v) is 19.2. The maximum absolute atomic E-state index is 13.9. The lowest BCUT2D eigenvalue weighted by molar-refractivity contribution is -0.142. The van der Waals surface area contributed by atoms with Crippen LogP contribution < -0.4 is 19.5 Å². The molecule has 2 N–H and O–H groups in total. The fraction of sp³-hybridized carbons (Fsp3) is 0.273. The standard InChI is InChI=1S/C44H42Cl2N4O7/c1-25-26(2)47-16-15-34(25)29-8-5-27(6-9-29)18-37(43(52)53)48-42(51)38-19-31-20-39-40(21-32(31)22-50(38)44(54)49(3)4)57-41(24-56-39)30-10-12-33(13-11-30)55-23-28-7-14-35(45)36(46)17-28/h5-17,20-21,37-38,41H,18-19,22-24H2,1-4H3,(H,48,51)(H,52,53). The SMILES string of the molecule is Cc1nccc(-c2ccc(CC(NC(=O)C3Cc4cc5c(cc4CN3C(=O)N(C)C)OC(c3ccc(OCc4ccc(Cl)c(Cl)c4)cc3)CO5)C(=O)O)cc2)c1C. The van der Waals surface area contributed by atoms with Gasteiger partial charge in [0.1, 0.15) is 31.0 Å². The number of carboxylic acid groups (broad SMARTS) is 1. The number of rotatable bonds is 10. The van der Waals surface area contributed by atoms with E-state index in [1.165, 1.54) is 9.80 Å². The molecule has 2 aliphatic heterocycles. The van der Waals surface area contributed by atoms with Crippen molar-refractivity contribution < 1.29 is 33.7 Å². The van der Waals surface area contributed by atoms with Crippen LogP contribution >= 0.6 is 23.2 Å². The highest BCUT2D eigenvalue weighted by atomic mass is 35.5. The van der Waals surface area contributed by atoms with Crippen molar-refractivity contribution in [2.75, 3.05) is 20.7 Å². The summed E-state index contributed by atoms with van der Waals surface area (Å²) in [5.74, 6) is 0.00511. The van der Waals surface area contributed by atoms with Crippen LogP contribution in [0, 0.1) is 13.8 Å². The smallest absolute Gasteiger partial charge is 0.326 e. The van der Waals surface area contributed by atoms with Crippen LogP contribution in [-0.2, 0) is 35.6 Å². The number of amides is 3. The molecule has 13 heteroatoms. The van der Waals surface area contributed by atoms with Crippen molar-refractivity contribution in [3.05, 3.63) is 140 Å². The van der Waals surface area contributed by atoms with Crippen molar-refractivity contribution in [2.45, 2.75) is 58.0 Å². The van der Waals surface area contributed by atoms with Crippen LogP contribution in [0.4, 0.5) is 4.79 Å². The van der Waals surface area contributed by atoms with Gasteiger partial charge < -0.3 is 34.4 Å². The number of benzene rings is 4. The van der Waals surface area contributed by atoms with Gasteiger partial charge in [-0.2, -0.15) is 0 Å². The number of nitrogens with zero attached hydrogens (tertiary/aromatic N) is 3. The van der Waals surface area contributed by atoms with E-state index in [-0.39, 0.29) is 32.0 Å². The molecule has 0 saturated carbocycles. The van der Waals surface area contributed by atoms with Crippen LogP contribution in [0.1, 0.15) is 45.2 Å². The number of carbonyl (C=O) groups excluding carboxylic acids is 2. The summed E-state index contributed by atoms with van der Waals surface area (Å²) in [6.45, 7) is 4.67. The van der Waals surface area contributed by atoms with Crippen molar-refractivity contribution in [1.29, 1.82) is 0 Å². The molecule has 57 heavy (non-hydrogen) atoms. The average Bonchev–Trinajstić information content (AvgIpc) is 3.20. The highest BCUT2D eigenvalue weighted by Gasteiger charge is 2.38. The summed E-state index contributed by atoms with van der Waals surface area (Å²) in [7, 11) is 3.23. The molecule has 11 nitrogen and oxygen atoms in total. The van der Waals surface area contributed by atoms with Crippen LogP contribution in [0.5, 0.6) is 17.2 Å². The zero-order valence-corrected chi connectivity index (χ0v) is 33.4. The number of hydrogen-bond acceptors (Lipinski definition) is 7. The number of halogens is 2. The van der Waals surface area contributed by atoms with Gasteiger partial charge in [-0.3, -0.25) is 9.78 Å². The van der Waals surface area contributed by atoms with E-state index in [9.17, 15) is 19.5 Å². The first-order chi connectivity index (χ1) is 27.3. The predicted molar refractivity (Wildman–Crippen MR) is 217 cm³/mol.